The molecule has 0 atom stereocenters. The van der Waals surface area contributed by atoms with Gasteiger partial charge in [-0.2, -0.15) is 0 Å². The van der Waals surface area contributed by atoms with E-state index in [1.54, 1.807) is 0 Å². The monoisotopic (exact) mass is 313 g/mol. The molecule has 24 heavy (non-hydrogen) atoms. The molecular weight excluding hydrogens is 290 g/mol. The highest BCUT2D eigenvalue weighted by molar-refractivity contribution is 6.01. The molecule has 0 saturated carbocycles. The quantitative estimate of drug-likeness (QED) is 0.394. The van der Waals surface area contributed by atoms with Gasteiger partial charge in [0.25, 0.3) is 0 Å². The number of rotatable bonds is 2. The van der Waals surface area contributed by atoms with Crippen LogP contribution in [0.15, 0.2) is 84.9 Å². The van der Waals surface area contributed by atoms with Gasteiger partial charge in [0.2, 0.25) is 0 Å². The first-order valence-electron chi connectivity index (χ1n) is 8.54. The van der Waals surface area contributed by atoms with Crippen LogP contribution in [0.2, 0.25) is 0 Å². The summed E-state index contributed by atoms with van der Waals surface area (Å²) in [5.74, 6) is 0. The summed E-state index contributed by atoms with van der Waals surface area (Å²) < 4.78 is 0. The third kappa shape index (κ3) is 2.85. The lowest BCUT2D eigenvalue weighted by atomic mass is 10.1. The first-order chi connectivity index (χ1) is 11.8. The van der Waals surface area contributed by atoms with Gasteiger partial charge in [-0.15, -0.1) is 0 Å². The number of hydrogen-bond donors (Lipinski definition) is 0. The molecule has 0 aliphatic heterocycles. The number of nitrogens with zero attached hydrogens (tertiary/aromatic N) is 1. The second-order valence-electron chi connectivity index (χ2n) is 5.56. The first kappa shape index (κ1) is 16.1. The molecule has 0 spiro atoms. The fraction of sp³-hybridized carbons (Fsp3) is 0.130. The Balaban J connectivity index is 0.000000815. The van der Waals surface area contributed by atoms with Crippen molar-refractivity contribution in [3.05, 3.63) is 84.9 Å². The maximum atomic E-state index is 2.28. The molecule has 4 aromatic rings. The van der Waals surface area contributed by atoms with Crippen LogP contribution in [0, 0.1) is 0 Å². The lowest BCUT2D eigenvalue weighted by Gasteiger charge is -2.23. The van der Waals surface area contributed by atoms with Gasteiger partial charge >= 0.3 is 0 Å². The van der Waals surface area contributed by atoms with E-state index in [1.807, 2.05) is 13.8 Å². The van der Waals surface area contributed by atoms with Gasteiger partial charge in [0.15, 0.2) is 0 Å². The Kier molecular flexibility index (Phi) is 4.81. The normalized spacial score (nSPS) is 10.3. The summed E-state index contributed by atoms with van der Waals surface area (Å²) in [4.78, 5) is 2.28. The molecule has 120 valence electrons. The number of hydrogen-bond acceptors (Lipinski definition) is 1. The van der Waals surface area contributed by atoms with Crippen molar-refractivity contribution < 1.29 is 0 Å². The summed E-state index contributed by atoms with van der Waals surface area (Å²) in [6.45, 7) is 4.00. The zero-order valence-corrected chi connectivity index (χ0v) is 14.5. The summed E-state index contributed by atoms with van der Waals surface area (Å²) in [6.07, 6.45) is 0. The number of anilines is 2. The first-order valence-corrected chi connectivity index (χ1v) is 8.54. The smallest absolute Gasteiger partial charge is 0.0487 e. The second-order valence-corrected chi connectivity index (χ2v) is 5.56. The lowest BCUT2D eigenvalue weighted by molar-refractivity contribution is 1.23. The molecule has 0 aromatic heterocycles. The minimum Gasteiger partial charge on any atom is -0.344 e. The molecule has 0 heterocycles. The van der Waals surface area contributed by atoms with Crippen molar-refractivity contribution in [2.24, 2.45) is 0 Å². The maximum absolute atomic E-state index is 2.28. The Hall–Kier alpha value is -2.80. The SMILES string of the molecule is CC.CN(c1cccc2ccccc12)c1cccc2ccccc12. The van der Waals surface area contributed by atoms with E-state index in [9.17, 15) is 0 Å². The van der Waals surface area contributed by atoms with E-state index in [4.69, 9.17) is 0 Å². The van der Waals surface area contributed by atoms with E-state index in [2.05, 4.69) is 96.9 Å². The van der Waals surface area contributed by atoms with Gasteiger partial charge in [0.1, 0.15) is 0 Å². The van der Waals surface area contributed by atoms with Crippen LogP contribution in [0.4, 0.5) is 11.4 Å². The summed E-state index contributed by atoms with van der Waals surface area (Å²) in [6, 6.07) is 30.0. The Morgan fingerprint density at radius 3 is 1.33 bits per heavy atom. The van der Waals surface area contributed by atoms with Gasteiger partial charge in [-0.25, -0.2) is 0 Å². The molecule has 0 N–H and O–H groups in total. The average molecular weight is 313 g/mol. The topological polar surface area (TPSA) is 3.24 Å². The van der Waals surface area contributed by atoms with E-state index in [1.165, 1.54) is 32.9 Å². The van der Waals surface area contributed by atoms with Gasteiger partial charge in [0, 0.05) is 29.2 Å². The van der Waals surface area contributed by atoms with E-state index in [0.29, 0.717) is 0 Å². The Morgan fingerprint density at radius 2 is 0.875 bits per heavy atom. The standard InChI is InChI=1S/C21H17N.C2H6/c1-22(20-14-6-10-16-8-2-4-12-18(16)20)21-15-7-11-17-9-3-5-13-19(17)21;1-2/h2-15H,1H3;1-2H3. The molecule has 0 radical (unpaired) electrons. The average Bonchev–Trinajstić information content (AvgIpc) is 2.68. The fourth-order valence-electron chi connectivity index (χ4n) is 3.13. The van der Waals surface area contributed by atoms with Crippen molar-refractivity contribution in [1.29, 1.82) is 0 Å². The lowest BCUT2D eigenvalue weighted by Crippen LogP contribution is -2.10. The van der Waals surface area contributed by atoms with E-state index in [-0.39, 0.29) is 0 Å². The Morgan fingerprint density at radius 1 is 0.500 bits per heavy atom. The summed E-state index contributed by atoms with van der Waals surface area (Å²) in [5.41, 5.74) is 2.46. The van der Waals surface area contributed by atoms with Crippen molar-refractivity contribution in [1.82, 2.24) is 0 Å². The molecule has 4 rings (SSSR count). The summed E-state index contributed by atoms with van der Waals surface area (Å²) >= 11 is 0. The van der Waals surface area contributed by atoms with Gasteiger partial charge in [-0.1, -0.05) is 86.6 Å². The van der Waals surface area contributed by atoms with Crippen LogP contribution < -0.4 is 4.90 Å². The zero-order chi connectivity index (χ0) is 16.9. The van der Waals surface area contributed by atoms with Crippen LogP contribution in [0.5, 0.6) is 0 Å². The van der Waals surface area contributed by atoms with Crippen molar-refractivity contribution in [3.63, 3.8) is 0 Å². The Bertz CT molecular complexity index is 866. The highest BCUT2D eigenvalue weighted by Crippen LogP contribution is 2.34. The molecular formula is C23H23N. The Labute approximate surface area is 144 Å². The maximum Gasteiger partial charge on any atom is 0.0487 e. The van der Waals surface area contributed by atoms with Crippen LogP contribution in [-0.2, 0) is 0 Å². The van der Waals surface area contributed by atoms with Crippen molar-refractivity contribution in [3.8, 4) is 0 Å². The zero-order valence-electron chi connectivity index (χ0n) is 14.5. The molecule has 0 aliphatic carbocycles. The highest BCUT2D eigenvalue weighted by atomic mass is 15.1. The van der Waals surface area contributed by atoms with Gasteiger partial charge in [0.05, 0.1) is 0 Å². The fourth-order valence-corrected chi connectivity index (χ4v) is 3.13. The highest BCUT2D eigenvalue weighted by Gasteiger charge is 2.10. The molecule has 0 amide bonds. The van der Waals surface area contributed by atoms with Gasteiger partial charge in [-0.3, -0.25) is 0 Å². The van der Waals surface area contributed by atoms with E-state index < -0.39 is 0 Å². The van der Waals surface area contributed by atoms with Crippen LogP contribution >= 0.6 is 0 Å². The summed E-state index contributed by atoms with van der Waals surface area (Å²) in [5, 5.41) is 5.10. The van der Waals surface area contributed by atoms with Crippen LogP contribution in [0.3, 0.4) is 0 Å². The summed E-state index contributed by atoms with van der Waals surface area (Å²) in [7, 11) is 2.14. The predicted molar refractivity (Wildman–Crippen MR) is 107 cm³/mol. The van der Waals surface area contributed by atoms with Crippen molar-refractivity contribution >= 4 is 32.9 Å². The van der Waals surface area contributed by atoms with Gasteiger partial charge in [-0.05, 0) is 22.9 Å². The van der Waals surface area contributed by atoms with E-state index >= 15 is 0 Å². The van der Waals surface area contributed by atoms with Crippen LogP contribution in [0.1, 0.15) is 13.8 Å². The molecule has 0 unspecified atom stereocenters. The molecule has 0 fully saturated rings. The molecule has 0 saturated heterocycles. The van der Waals surface area contributed by atoms with Gasteiger partial charge < -0.3 is 4.90 Å². The van der Waals surface area contributed by atoms with Crippen molar-refractivity contribution in [2.45, 2.75) is 13.8 Å². The van der Waals surface area contributed by atoms with Crippen LogP contribution in [-0.4, -0.2) is 7.05 Å². The number of fused-ring (bicyclic) bond motifs is 2. The molecule has 0 aliphatic rings. The molecule has 1 heteroatoms. The van der Waals surface area contributed by atoms with Crippen LogP contribution in [0.25, 0.3) is 21.5 Å². The molecule has 0 bridgehead atoms. The second kappa shape index (κ2) is 7.18. The molecule has 4 aromatic carbocycles. The van der Waals surface area contributed by atoms with E-state index in [0.717, 1.165) is 0 Å². The largest absolute Gasteiger partial charge is 0.344 e. The third-order valence-corrected chi connectivity index (χ3v) is 4.26. The van der Waals surface area contributed by atoms with Crippen molar-refractivity contribution in [2.75, 3.05) is 11.9 Å². The third-order valence-electron chi connectivity index (χ3n) is 4.26. The predicted octanol–water partition coefficient (Wildman–Crippen LogP) is 6.79. The minimum absolute atomic E-state index is 1.23. The molecule has 1 nitrogen and oxygen atoms in total. The number of benzene rings is 4. The minimum atomic E-state index is 1.23.